The molecule has 0 fully saturated rings. The van der Waals surface area contributed by atoms with E-state index in [-0.39, 0.29) is 0 Å². The largest absolute Gasteiger partial charge is 0.306 e. The Morgan fingerprint density at radius 2 is 1.00 bits per heavy atom. The Bertz CT molecular complexity index is 50.0. The maximum absolute atomic E-state index is 2.24. The van der Waals surface area contributed by atoms with Gasteiger partial charge in [0.15, 0.2) is 0 Å². The van der Waals surface area contributed by atoms with Crippen molar-refractivity contribution < 1.29 is 0 Å². The highest BCUT2D eigenvalue weighted by atomic mass is 15.1. The van der Waals surface area contributed by atoms with Gasteiger partial charge in [-0.3, -0.25) is 0 Å². The fourth-order valence-corrected chi connectivity index (χ4v) is 0.596. The molecule has 0 amide bonds. The molecule has 1 unspecified atom stereocenters. The molecule has 0 N–H and O–H groups in total. The number of rotatable bonds is 2. The Hall–Kier alpha value is -0.0400. The normalized spacial score (nSPS) is 11.2. The molecule has 0 spiro atoms. The topological polar surface area (TPSA) is 3.24 Å². The van der Waals surface area contributed by atoms with Crippen molar-refractivity contribution in [3.05, 3.63) is 0 Å². The minimum Gasteiger partial charge on any atom is -0.306 e. The average molecular weight is 175 g/mol. The van der Waals surface area contributed by atoms with E-state index in [1.165, 1.54) is 0 Å². The van der Waals surface area contributed by atoms with Gasteiger partial charge >= 0.3 is 0 Å². The summed E-state index contributed by atoms with van der Waals surface area (Å²) in [7, 11) is 4.23. The fourth-order valence-electron chi connectivity index (χ4n) is 0.596. The third kappa shape index (κ3) is 12.6. The lowest BCUT2D eigenvalue weighted by Gasteiger charge is -2.22. The van der Waals surface area contributed by atoms with E-state index in [4.69, 9.17) is 0 Å². The Morgan fingerprint density at radius 1 is 0.750 bits per heavy atom. The van der Waals surface area contributed by atoms with Crippen LogP contribution in [-0.4, -0.2) is 25.0 Å². The second-order valence-electron chi connectivity index (χ2n) is 2.95. The van der Waals surface area contributed by atoms with E-state index >= 15 is 0 Å². The van der Waals surface area contributed by atoms with E-state index in [9.17, 15) is 0 Å². The average Bonchev–Trinajstić information content (AvgIpc) is 2.10. The second-order valence-corrected chi connectivity index (χ2v) is 2.95. The molecule has 0 aromatic carbocycles. The molecule has 0 saturated heterocycles. The highest BCUT2D eigenvalue weighted by Crippen LogP contribution is 2.04. The number of nitrogens with zero attached hydrogens (tertiary/aromatic N) is 1. The quantitative estimate of drug-likeness (QED) is 0.619. The molecule has 0 aliphatic heterocycles. The standard InChI is InChI=1S/C7H17N.2C2H6/c1-6(2)7(3)8(4)5;2*1-2/h6-7H,1-5H3;2*1-2H3. The summed E-state index contributed by atoms with van der Waals surface area (Å²) in [6.45, 7) is 14.7. The fraction of sp³-hybridized carbons (Fsp3) is 1.00. The van der Waals surface area contributed by atoms with Gasteiger partial charge in [-0.05, 0) is 26.9 Å². The van der Waals surface area contributed by atoms with Crippen LogP contribution in [0.1, 0.15) is 48.5 Å². The molecule has 1 atom stereocenters. The lowest BCUT2D eigenvalue weighted by Crippen LogP contribution is -2.29. The maximum Gasteiger partial charge on any atom is 0.00838 e. The van der Waals surface area contributed by atoms with E-state index < -0.39 is 0 Å². The molecular weight excluding hydrogens is 146 g/mol. The molecule has 78 valence electrons. The van der Waals surface area contributed by atoms with Gasteiger partial charge in [0, 0.05) is 6.04 Å². The van der Waals surface area contributed by atoms with E-state index in [1.807, 2.05) is 27.7 Å². The van der Waals surface area contributed by atoms with Crippen molar-refractivity contribution >= 4 is 0 Å². The van der Waals surface area contributed by atoms with Crippen molar-refractivity contribution in [1.82, 2.24) is 4.90 Å². The monoisotopic (exact) mass is 175 g/mol. The van der Waals surface area contributed by atoms with Gasteiger partial charge in [-0.1, -0.05) is 41.5 Å². The summed E-state index contributed by atoms with van der Waals surface area (Å²) in [5.41, 5.74) is 0. The molecule has 1 heteroatoms. The summed E-state index contributed by atoms with van der Waals surface area (Å²) >= 11 is 0. The minimum atomic E-state index is 0.704. The Kier molecular flexibility index (Phi) is 20.2. The first-order chi connectivity index (χ1) is 5.55. The van der Waals surface area contributed by atoms with Crippen LogP contribution < -0.4 is 0 Å². The molecule has 1 nitrogen and oxygen atoms in total. The first kappa shape index (κ1) is 17.9. The van der Waals surface area contributed by atoms with Crippen LogP contribution in [0.25, 0.3) is 0 Å². The second kappa shape index (κ2) is 13.5. The van der Waals surface area contributed by atoms with Gasteiger partial charge < -0.3 is 4.90 Å². The van der Waals surface area contributed by atoms with Gasteiger partial charge in [-0.15, -0.1) is 0 Å². The van der Waals surface area contributed by atoms with Crippen LogP contribution in [0, 0.1) is 5.92 Å². The Balaban J connectivity index is -0.000000175. The third-order valence-electron chi connectivity index (χ3n) is 1.78. The van der Waals surface area contributed by atoms with Crippen LogP contribution in [0.3, 0.4) is 0 Å². The van der Waals surface area contributed by atoms with Gasteiger partial charge in [0.25, 0.3) is 0 Å². The highest BCUT2D eigenvalue weighted by molar-refractivity contribution is 4.61. The highest BCUT2D eigenvalue weighted by Gasteiger charge is 2.07. The molecule has 0 radical (unpaired) electrons. The lowest BCUT2D eigenvalue weighted by molar-refractivity contribution is 0.251. The van der Waals surface area contributed by atoms with Crippen molar-refractivity contribution in [3.63, 3.8) is 0 Å². The first-order valence-electron chi connectivity index (χ1n) is 5.22. The number of hydrogen-bond acceptors (Lipinski definition) is 1. The first-order valence-corrected chi connectivity index (χ1v) is 5.22. The molecule has 0 aliphatic carbocycles. The summed E-state index contributed by atoms with van der Waals surface area (Å²) in [6.07, 6.45) is 0. The van der Waals surface area contributed by atoms with E-state index in [1.54, 1.807) is 0 Å². The predicted molar refractivity (Wildman–Crippen MR) is 60.7 cm³/mol. The zero-order chi connectivity index (χ0) is 10.7. The summed E-state index contributed by atoms with van der Waals surface area (Å²) in [5, 5.41) is 0. The molecule has 0 rings (SSSR count). The summed E-state index contributed by atoms with van der Waals surface area (Å²) in [6, 6.07) is 0.704. The maximum atomic E-state index is 2.24. The van der Waals surface area contributed by atoms with Crippen LogP contribution in [0.2, 0.25) is 0 Å². The Labute approximate surface area is 80.2 Å². The molecule has 0 aromatic rings. The van der Waals surface area contributed by atoms with Gasteiger partial charge in [-0.25, -0.2) is 0 Å². The molecule has 0 heterocycles. The van der Waals surface area contributed by atoms with Crippen LogP contribution >= 0.6 is 0 Å². The smallest absolute Gasteiger partial charge is 0.00838 e. The van der Waals surface area contributed by atoms with Crippen LogP contribution in [0.15, 0.2) is 0 Å². The molecule has 0 bridgehead atoms. The van der Waals surface area contributed by atoms with Crippen molar-refractivity contribution in [2.45, 2.75) is 54.5 Å². The van der Waals surface area contributed by atoms with Crippen molar-refractivity contribution in [2.24, 2.45) is 5.92 Å². The minimum absolute atomic E-state index is 0.704. The predicted octanol–water partition coefficient (Wildman–Crippen LogP) is 3.64. The lowest BCUT2D eigenvalue weighted by atomic mass is 10.1. The van der Waals surface area contributed by atoms with Gasteiger partial charge in [0.2, 0.25) is 0 Å². The summed E-state index contributed by atoms with van der Waals surface area (Å²) in [5.74, 6) is 0.769. The number of hydrogen-bond donors (Lipinski definition) is 0. The molecular formula is C11H29N. The van der Waals surface area contributed by atoms with Crippen molar-refractivity contribution in [3.8, 4) is 0 Å². The van der Waals surface area contributed by atoms with Gasteiger partial charge in [-0.2, -0.15) is 0 Å². The molecule has 12 heavy (non-hydrogen) atoms. The molecule has 0 aliphatic rings. The SMILES string of the molecule is CC.CC.CC(C)C(C)N(C)C. The summed E-state index contributed by atoms with van der Waals surface area (Å²) in [4.78, 5) is 2.24. The third-order valence-corrected chi connectivity index (χ3v) is 1.78. The van der Waals surface area contributed by atoms with Crippen LogP contribution in [0.4, 0.5) is 0 Å². The van der Waals surface area contributed by atoms with Crippen molar-refractivity contribution in [2.75, 3.05) is 14.1 Å². The van der Waals surface area contributed by atoms with Gasteiger partial charge in [0.05, 0.1) is 0 Å². The van der Waals surface area contributed by atoms with E-state index in [2.05, 4.69) is 39.8 Å². The van der Waals surface area contributed by atoms with Gasteiger partial charge in [0.1, 0.15) is 0 Å². The van der Waals surface area contributed by atoms with Crippen molar-refractivity contribution in [1.29, 1.82) is 0 Å². The zero-order valence-electron chi connectivity index (χ0n) is 10.6. The molecule has 0 saturated carbocycles. The van der Waals surface area contributed by atoms with E-state index in [0.717, 1.165) is 5.92 Å². The van der Waals surface area contributed by atoms with Crippen LogP contribution in [-0.2, 0) is 0 Å². The molecule has 0 aromatic heterocycles. The van der Waals surface area contributed by atoms with Crippen LogP contribution in [0.5, 0.6) is 0 Å². The Morgan fingerprint density at radius 3 is 1.00 bits per heavy atom. The zero-order valence-corrected chi connectivity index (χ0v) is 10.6. The summed E-state index contributed by atoms with van der Waals surface area (Å²) < 4.78 is 0. The van der Waals surface area contributed by atoms with E-state index in [0.29, 0.717) is 6.04 Å².